The van der Waals surface area contributed by atoms with Crippen LogP contribution < -0.4 is 4.74 Å². The highest BCUT2D eigenvalue weighted by atomic mass is 35.5. The number of carbonyl (C=O) groups is 1. The Bertz CT molecular complexity index is 887. The van der Waals surface area contributed by atoms with Crippen molar-refractivity contribution in [2.45, 2.75) is 6.36 Å². The van der Waals surface area contributed by atoms with Crippen LogP contribution in [0.4, 0.5) is 13.2 Å². The quantitative estimate of drug-likeness (QED) is 0.543. The first-order chi connectivity index (χ1) is 10.8. The predicted molar refractivity (Wildman–Crippen MR) is 84.3 cm³/mol. The van der Waals surface area contributed by atoms with E-state index >= 15 is 0 Å². The van der Waals surface area contributed by atoms with Crippen molar-refractivity contribution >= 4 is 39.3 Å². The number of ether oxygens (including phenoxy) is 1. The predicted octanol–water partition coefficient (Wildman–Crippen LogP) is 5.93. The van der Waals surface area contributed by atoms with Crippen molar-refractivity contribution in [1.82, 2.24) is 0 Å². The van der Waals surface area contributed by atoms with E-state index in [1.54, 1.807) is 12.1 Å². The lowest BCUT2D eigenvalue weighted by Gasteiger charge is -2.10. The molecule has 0 unspecified atom stereocenters. The van der Waals surface area contributed by atoms with Gasteiger partial charge in [0.15, 0.2) is 0 Å². The lowest BCUT2D eigenvalue weighted by atomic mass is 10.1. The number of fused-ring (bicyclic) bond motifs is 1. The molecule has 23 heavy (non-hydrogen) atoms. The molecule has 0 aliphatic heterocycles. The lowest BCUT2D eigenvalue weighted by molar-refractivity contribution is -0.274. The van der Waals surface area contributed by atoms with Gasteiger partial charge in [-0.25, -0.2) is 0 Å². The van der Waals surface area contributed by atoms with Gasteiger partial charge in [-0.15, -0.1) is 24.5 Å². The molecule has 1 heterocycles. The molecule has 0 fully saturated rings. The van der Waals surface area contributed by atoms with Crippen LogP contribution in [0.1, 0.15) is 10.4 Å². The van der Waals surface area contributed by atoms with Crippen molar-refractivity contribution in [3.05, 3.63) is 53.1 Å². The van der Waals surface area contributed by atoms with Gasteiger partial charge in [-0.3, -0.25) is 4.79 Å². The molecule has 0 amide bonds. The monoisotopic (exact) mass is 356 g/mol. The van der Waals surface area contributed by atoms with E-state index in [1.807, 2.05) is 12.1 Å². The van der Waals surface area contributed by atoms with Crippen LogP contribution >= 0.6 is 22.9 Å². The van der Waals surface area contributed by atoms with Gasteiger partial charge < -0.3 is 4.74 Å². The summed E-state index contributed by atoms with van der Waals surface area (Å²) in [5.74, 6) is -0.424. The number of benzene rings is 2. The second-order valence-corrected chi connectivity index (χ2v) is 6.27. The Morgan fingerprint density at radius 1 is 1.09 bits per heavy atom. The summed E-state index contributed by atoms with van der Waals surface area (Å²) in [4.78, 5) is 11.7. The standard InChI is InChI=1S/C16H8ClF3O2S/c17-12-1-2-14-11(5-12)7-15(23-14)10-3-9(8-21)4-13(6-10)22-16(18,19)20/h1-8H. The van der Waals surface area contributed by atoms with Crippen LogP contribution in [-0.4, -0.2) is 12.6 Å². The van der Waals surface area contributed by atoms with Crippen molar-refractivity contribution in [3.8, 4) is 16.2 Å². The minimum absolute atomic E-state index is 0.109. The zero-order valence-electron chi connectivity index (χ0n) is 11.4. The Kier molecular flexibility index (Phi) is 4.04. The van der Waals surface area contributed by atoms with Gasteiger partial charge in [0.1, 0.15) is 12.0 Å². The number of hydrogen-bond donors (Lipinski definition) is 0. The molecule has 2 nitrogen and oxygen atoms in total. The first kappa shape index (κ1) is 15.8. The zero-order chi connectivity index (χ0) is 16.6. The van der Waals surface area contributed by atoms with Crippen molar-refractivity contribution in [3.63, 3.8) is 0 Å². The minimum Gasteiger partial charge on any atom is -0.406 e. The second kappa shape index (κ2) is 5.86. The van der Waals surface area contributed by atoms with Gasteiger partial charge in [0.25, 0.3) is 0 Å². The molecule has 0 radical (unpaired) electrons. The number of aldehydes is 1. The van der Waals surface area contributed by atoms with Crippen LogP contribution in [0.25, 0.3) is 20.5 Å². The molecule has 1 aromatic heterocycles. The third-order valence-corrected chi connectivity index (χ3v) is 4.46. The third-order valence-electron chi connectivity index (χ3n) is 3.06. The summed E-state index contributed by atoms with van der Waals surface area (Å²) < 4.78 is 42.1. The van der Waals surface area contributed by atoms with E-state index in [2.05, 4.69) is 4.74 Å². The largest absolute Gasteiger partial charge is 0.573 e. The molecule has 7 heteroatoms. The molecule has 0 bridgehead atoms. The Morgan fingerprint density at radius 3 is 2.57 bits per heavy atom. The molecule has 0 aliphatic carbocycles. The maximum atomic E-state index is 12.4. The first-order valence-electron chi connectivity index (χ1n) is 6.39. The fraction of sp³-hybridized carbons (Fsp3) is 0.0625. The van der Waals surface area contributed by atoms with Crippen LogP contribution in [0.15, 0.2) is 42.5 Å². The summed E-state index contributed by atoms with van der Waals surface area (Å²) in [6, 6.07) is 11.0. The molecule has 3 rings (SSSR count). The van der Waals surface area contributed by atoms with Crippen molar-refractivity contribution < 1.29 is 22.7 Å². The van der Waals surface area contributed by atoms with E-state index in [4.69, 9.17) is 11.6 Å². The van der Waals surface area contributed by atoms with Crippen molar-refractivity contribution in [2.24, 2.45) is 0 Å². The fourth-order valence-electron chi connectivity index (χ4n) is 2.18. The lowest BCUT2D eigenvalue weighted by Crippen LogP contribution is -2.17. The summed E-state index contributed by atoms with van der Waals surface area (Å²) >= 11 is 7.33. The highest BCUT2D eigenvalue weighted by Gasteiger charge is 2.31. The maximum absolute atomic E-state index is 12.4. The van der Waals surface area contributed by atoms with Gasteiger partial charge in [-0.2, -0.15) is 0 Å². The van der Waals surface area contributed by atoms with Crippen LogP contribution in [0.3, 0.4) is 0 Å². The number of carbonyl (C=O) groups excluding carboxylic acids is 1. The molecular weight excluding hydrogens is 349 g/mol. The molecule has 3 aromatic rings. The number of rotatable bonds is 3. The van der Waals surface area contributed by atoms with Gasteiger partial charge in [-0.1, -0.05) is 11.6 Å². The summed E-state index contributed by atoms with van der Waals surface area (Å²) in [6.07, 6.45) is -4.33. The highest BCUT2D eigenvalue weighted by Crippen LogP contribution is 2.37. The van der Waals surface area contributed by atoms with Gasteiger partial charge >= 0.3 is 6.36 Å². The molecule has 0 aliphatic rings. The van der Waals surface area contributed by atoms with E-state index in [0.717, 1.165) is 21.0 Å². The van der Waals surface area contributed by atoms with Gasteiger partial charge in [-0.05, 0) is 53.4 Å². The summed E-state index contributed by atoms with van der Waals surface area (Å²) in [7, 11) is 0. The first-order valence-corrected chi connectivity index (χ1v) is 7.59. The number of alkyl halides is 3. The van der Waals surface area contributed by atoms with Gasteiger partial charge in [0.2, 0.25) is 0 Å². The topological polar surface area (TPSA) is 26.3 Å². The molecule has 0 N–H and O–H groups in total. The van der Waals surface area contributed by atoms with E-state index in [1.165, 1.54) is 23.5 Å². The average Bonchev–Trinajstić information content (AvgIpc) is 2.88. The molecule has 118 valence electrons. The molecule has 2 aromatic carbocycles. The molecule has 0 saturated carbocycles. The van der Waals surface area contributed by atoms with E-state index in [9.17, 15) is 18.0 Å². The summed E-state index contributed by atoms with van der Waals surface area (Å²) in [5.41, 5.74) is 0.586. The number of halogens is 4. The van der Waals surface area contributed by atoms with E-state index in [0.29, 0.717) is 16.9 Å². The van der Waals surface area contributed by atoms with Gasteiger partial charge in [0, 0.05) is 20.2 Å². The molecule has 0 spiro atoms. The SMILES string of the molecule is O=Cc1cc(OC(F)(F)F)cc(-c2cc3cc(Cl)ccc3s2)c1. The van der Waals surface area contributed by atoms with Crippen molar-refractivity contribution in [1.29, 1.82) is 0 Å². The normalized spacial score (nSPS) is 11.7. The van der Waals surface area contributed by atoms with Crippen LogP contribution in [0.5, 0.6) is 5.75 Å². The molecule has 0 atom stereocenters. The molecule has 0 saturated heterocycles. The Balaban J connectivity index is 2.09. The van der Waals surface area contributed by atoms with E-state index in [-0.39, 0.29) is 5.56 Å². The Morgan fingerprint density at radius 2 is 1.87 bits per heavy atom. The van der Waals surface area contributed by atoms with Crippen LogP contribution in [0.2, 0.25) is 5.02 Å². The van der Waals surface area contributed by atoms with E-state index < -0.39 is 12.1 Å². The van der Waals surface area contributed by atoms with Gasteiger partial charge in [0.05, 0.1) is 0 Å². The Labute approximate surface area is 138 Å². The van der Waals surface area contributed by atoms with Crippen LogP contribution in [-0.2, 0) is 0 Å². The minimum atomic E-state index is -4.81. The number of hydrogen-bond acceptors (Lipinski definition) is 3. The summed E-state index contributed by atoms with van der Waals surface area (Å²) in [5, 5.41) is 1.46. The highest BCUT2D eigenvalue weighted by molar-refractivity contribution is 7.22. The summed E-state index contributed by atoms with van der Waals surface area (Å²) in [6.45, 7) is 0. The second-order valence-electron chi connectivity index (χ2n) is 4.75. The Hall–Kier alpha value is -2.05. The zero-order valence-corrected chi connectivity index (χ0v) is 12.9. The fourth-order valence-corrected chi connectivity index (χ4v) is 3.39. The maximum Gasteiger partial charge on any atom is 0.573 e. The average molecular weight is 357 g/mol. The molecular formula is C16H8ClF3O2S. The third kappa shape index (κ3) is 3.65. The van der Waals surface area contributed by atoms with Crippen molar-refractivity contribution in [2.75, 3.05) is 0 Å². The smallest absolute Gasteiger partial charge is 0.406 e. The number of thiophene rings is 1. The van der Waals surface area contributed by atoms with Crippen LogP contribution in [0, 0.1) is 0 Å².